The van der Waals surface area contributed by atoms with Crippen LogP contribution in [0.1, 0.15) is 45.7 Å². The number of amides is 1. The first kappa shape index (κ1) is 24.0. The van der Waals surface area contributed by atoms with E-state index in [0.29, 0.717) is 5.82 Å². The van der Waals surface area contributed by atoms with Crippen molar-refractivity contribution >= 4 is 11.9 Å². The third kappa shape index (κ3) is 6.93. The average Bonchev–Trinajstić information content (AvgIpc) is 2.70. The van der Waals surface area contributed by atoms with Crippen molar-refractivity contribution in [3.8, 4) is 5.75 Å². The van der Waals surface area contributed by atoms with E-state index in [4.69, 9.17) is 9.47 Å². The molecule has 1 aliphatic heterocycles. The molecule has 7 heteroatoms. The lowest BCUT2D eigenvalue weighted by Crippen LogP contribution is -2.58. The van der Waals surface area contributed by atoms with Gasteiger partial charge in [0, 0.05) is 44.5 Å². The number of methoxy groups -OCH3 is 1. The standard InChI is InChI=1S/C25H36N4O3/c1-24(2,3)32-23(30)27-22-12-9-20(15-26-22)17-29-14-13-28(18-25(29,4)5)16-19-7-10-21(31-6)11-8-19/h7-12,15H,13-14,16-18H2,1-6H3,(H,26,27,30). The number of hydrogen-bond donors (Lipinski definition) is 1. The van der Waals surface area contributed by atoms with Crippen LogP contribution < -0.4 is 10.1 Å². The van der Waals surface area contributed by atoms with Crippen LogP contribution in [0.25, 0.3) is 0 Å². The first-order valence-corrected chi connectivity index (χ1v) is 11.1. The number of nitrogens with one attached hydrogen (secondary N) is 1. The van der Waals surface area contributed by atoms with Crippen molar-refractivity contribution in [2.75, 3.05) is 32.1 Å². The summed E-state index contributed by atoms with van der Waals surface area (Å²) >= 11 is 0. The van der Waals surface area contributed by atoms with E-state index in [1.165, 1.54) is 5.56 Å². The van der Waals surface area contributed by atoms with Crippen LogP contribution in [0.4, 0.5) is 10.6 Å². The molecule has 174 valence electrons. The zero-order valence-corrected chi connectivity index (χ0v) is 20.1. The van der Waals surface area contributed by atoms with E-state index < -0.39 is 11.7 Å². The van der Waals surface area contributed by atoms with E-state index in [9.17, 15) is 4.79 Å². The Kier molecular flexibility index (Phi) is 7.41. The van der Waals surface area contributed by atoms with Gasteiger partial charge in [0.15, 0.2) is 0 Å². The van der Waals surface area contributed by atoms with Gasteiger partial charge in [-0.15, -0.1) is 0 Å². The molecule has 0 spiro atoms. The minimum Gasteiger partial charge on any atom is -0.497 e. The fourth-order valence-corrected chi connectivity index (χ4v) is 3.93. The van der Waals surface area contributed by atoms with E-state index >= 15 is 0 Å². The molecule has 1 aromatic carbocycles. The fraction of sp³-hybridized carbons (Fsp3) is 0.520. The van der Waals surface area contributed by atoms with Crippen LogP contribution >= 0.6 is 0 Å². The molecule has 0 saturated carbocycles. The van der Waals surface area contributed by atoms with Crippen molar-refractivity contribution in [2.45, 2.75) is 58.8 Å². The van der Waals surface area contributed by atoms with Crippen LogP contribution in [-0.4, -0.2) is 58.8 Å². The maximum atomic E-state index is 11.9. The normalized spacial score (nSPS) is 17.1. The number of rotatable bonds is 6. The predicted molar refractivity (Wildman–Crippen MR) is 127 cm³/mol. The van der Waals surface area contributed by atoms with Crippen LogP contribution in [0, 0.1) is 0 Å². The molecular formula is C25H36N4O3. The SMILES string of the molecule is COc1ccc(CN2CCN(Cc3ccc(NC(=O)OC(C)(C)C)nc3)C(C)(C)C2)cc1. The highest BCUT2D eigenvalue weighted by atomic mass is 16.6. The number of carbonyl (C=O) groups excluding carboxylic acids is 1. The Bertz CT molecular complexity index is 889. The number of pyridine rings is 1. The van der Waals surface area contributed by atoms with Gasteiger partial charge in [-0.05, 0) is 63.9 Å². The molecule has 32 heavy (non-hydrogen) atoms. The van der Waals surface area contributed by atoms with Gasteiger partial charge in [0.25, 0.3) is 0 Å². The summed E-state index contributed by atoms with van der Waals surface area (Å²) in [5.41, 5.74) is 1.92. The van der Waals surface area contributed by atoms with E-state index in [1.54, 1.807) is 7.11 Å². The molecule has 7 nitrogen and oxygen atoms in total. The fourth-order valence-electron chi connectivity index (χ4n) is 3.93. The van der Waals surface area contributed by atoms with Crippen LogP contribution in [0.15, 0.2) is 42.6 Å². The first-order valence-electron chi connectivity index (χ1n) is 11.1. The number of benzene rings is 1. The molecule has 1 fully saturated rings. The molecule has 3 rings (SSSR count). The maximum absolute atomic E-state index is 11.9. The van der Waals surface area contributed by atoms with Gasteiger partial charge in [0.1, 0.15) is 17.2 Å². The predicted octanol–water partition coefficient (Wildman–Crippen LogP) is 4.53. The molecule has 1 saturated heterocycles. The highest BCUT2D eigenvalue weighted by molar-refractivity contribution is 5.83. The zero-order chi connectivity index (χ0) is 23.4. The third-order valence-corrected chi connectivity index (χ3v) is 5.55. The minimum atomic E-state index is -0.537. The summed E-state index contributed by atoms with van der Waals surface area (Å²) in [7, 11) is 1.69. The summed E-state index contributed by atoms with van der Waals surface area (Å²) in [6.45, 7) is 14.8. The van der Waals surface area contributed by atoms with Crippen molar-refractivity contribution in [1.29, 1.82) is 0 Å². The van der Waals surface area contributed by atoms with Gasteiger partial charge in [0.05, 0.1) is 7.11 Å². The topological polar surface area (TPSA) is 66.9 Å². The van der Waals surface area contributed by atoms with Gasteiger partial charge in [-0.2, -0.15) is 0 Å². The Morgan fingerprint density at radius 1 is 1.06 bits per heavy atom. The largest absolute Gasteiger partial charge is 0.497 e. The second kappa shape index (κ2) is 9.88. The Balaban J connectivity index is 1.53. The lowest BCUT2D eigenvalue weighted by Gasteiger charge is -2.47. The van der Waals surface area contributed by atoms with Gasteiger partial charge >= 0.3 is 6.09 Å². The molecule has 0 radical (unpaired) electrons. The average molecular weight is 441 g/mol. The number of nitrogens with zero attached hydrogens (tertiary/aromatic N) is 3. The Labute approximate surface area is 191 Å². The zero-order valence-electron chi connectivity index (χ0n) is 20.1. The summed E-state index contributed by atoms with van der Waals surface area (Å²) in [5.74, 6) is 1.38. The van der Waals surface area contributed by atoms with E-state index in [1.807, 2.05) is 51.2 Å². The quantitative estimate of drug-likeness (QED) is 0.712. The van der Waals surface area contributed by atoms with Crippen molar-refractivity contribution in [3.05, 3.63) is 53.7 Å². The van der Waals surface area contributed by atoms with Crippen LogP contribution in [0.3, 0.4) is 0 Å². The van der Waals surface area contributed by atoms with Gasteiger partial charge in [-0.1, -0.05) is 18.2 Å². The smallest absolute Gasteiger partial charge is 0.413 e. The van der Waals surface area contributed by atoms with Crippen molar-refractivity contribution < 1.29 is 14.3 Å². The molecule has 0 unspecified atom stereocenters. The molecule has 1 aromatic heterocycles. The lowest BCUT2D eigenvalue weighted by atomic mass is 9.97. The first-order chi connectivity index (χ1) is 15.0. The molecule has 1 N–H and O–H groups in total. The number of ether oxygens (including phenoxy) is 2. The molecule has 0 bridgehead atoms. The minimum absolute atomic E-state index is 0.0398. The highest BCUT2D eigenvalue weighted by Gasteiger charge is 2.33. The van der Waals surface area contributed by atoms with Crippen molar-refractivity contribution in [1.82, 2.24) is 14.8 Å². The summed E-state index contributed by atoms with van der Waals surface area (Å²) in [4.78, 5) is 21.3. The monoisotopic (exact) mass is 440 g/mol. The molecule has 0 atom stereocenters. The highest BCUT2D eigenvalue weighted by Crippen LogP contribution is 2.25. The van der Waals surface area contributed by atoms with Gasteiger partial charge < -0.3 is 9.47 Å². The van der Waals surface area contributed by atoms with Crippen LogP contribution in [-0.2, 0) is 17.8 Å². The number of hydrogen-bond acceptors (Lipinski definition) is 6. The second-order valence-electron chi connectivity index (χ2n) is 9.97. The van der Waals surface area contributed by atoms with E-state index in [-0.39, 0.29) is 5.54 Å². The molecule has 0 aliphatic carbocycles. The van der Waals surface area contributed by atoms with Crippen LogP contribution in [0.2, 0.25) is 0 Å². The molecule has 2 aromatic rings. The lowest BCUT2D eigenvalue weighted by molar-refractivity contribution is 0.0103. The van der Waals surface area contributed by atoms with E-state index in [2.05, 4.69) is 46.1 Å². The number of carbonyl (C=O) groups is 1. The Morgan fingerprint density at radius 3 is 2.31 bits per heavy atom. The van der Waals surface area contributed by atoms with Gasteiger partial charge in [-0.3, -0.25) is 15.1 Å². The maximum Gasteiger partial charge on any atom is 0.413 e. The van der Waals surface area contributed by atoms with Crippen molar-refractivity contribution in [3.63, 3.8) is 0 Å². The van der Waals surface area contributed by atoms with Gasteiger partial charge in [0.2, 0.25) is 0 Å². The molecule has 1 aliphatic rings. The van der Waals surface area contributed by atoms with Gasteiger partial charge in [-0.25, -0.2) is 9.78 Å². The third-order valence-electron chi connectivity index (χ3n) is 5.55. The van der Waals surface area contributed by atoms with E-state index in [0.717, 1.165) is 44.0 Å². The second-order valence-corrected chi connectivity index (χ2v) is 9.97. The Morgan fingerprint density at radius 2 is 1.75 bits per heavy atom. The summed E-state index contributed by atoms with van der Waals surface area (Å²) in [6, 6.07) is 12.1. The van der Waals surface area contributed by atoms with Crippen LogP contribution in [0.5, 0.6) is 5.75 Å². The number of anilines is 1. The summed E-state index contributed by atoms with van der Waals surface area (Å²) < 4.78 is 10.5. The molecule has 2 heterocycles. The summed E-state index contributed by atoms with van der Waals surface area (Å²) in [6.07, 6.45) is 1.33. The summed E-state index contributed by atoms with van der Waals surface area (Å²) in [5, 5.41) is 2.68. The number of piperazine rings is 1. The number of aromatic nitrogens is 1. The Hall–Kier alpha value is -2.64. The van der Waals surface area contributed by atoms with Crippen molar-refractivity contribution in [2.24, 2.45) is 0 Å². The molecule has 1 amide bonds. The molecular weight excluding hydrogens is 404 g/mol.